The Morgan fingerprint density at radius 3 is 2.24 bits per heavy atom. The molecule has 0 radical (unpaired) electrons. The smallest absolute Gasteiger partial charge is 0.250 e. The molecule has 1 aromatic rings. The van der Waals surface area contributed by atoms with Gasteiger partial charge < -0.3 is 14.4 Å². The summed E-state index contributed by atoms with van der Waals surface area (Å²) >= 11 is 12.1. The Hall–Kier alpha value is -0.913. The van der Waals surface area contributed by atoms with Gasteiger partial charge in [0, 0.05) is 6.07 Å². The van der Waals surface area contributed by atoms with Crippen molar-refractivity contribution in [3.8, 4) is 11.5 Å². The molecule has 0 saturated carbocycles. The molecule has 1 aromatic carbocycles. The van der Waals surface area contributed by atoms with Crippen LogP contribution in [0, 0.1) is 0 Å². The van der Waals surface area contributed by atoms with E-state index in [0.717, 1.165) is 0 Å². The predicted octanol–water partition coefficient (Wildman–Crippen LogP) is 5.11. The highest BCUT2D eigenvalue weighted by Gasteiger charge is 2.39. The van der Waals surface area contributed by atoms with Gasteiger partial charge in [0.05, 0.1) is 17.7 Å². The molecule has 118 valence electrons. The van der Waals surface area contributed by atoms with Gasteiger partial charge in [0.15, 0.2) is 5.17 Å². The third kappa shape index (κ3) is 4.05. The Bertz CT molecular complexity index is 554. The second kappa shape index (κ2) is 6.46. The fourth-order valence-electron chi connectivity index (χ4n) is 1.42. The Balaban J connectivity index is 3.29. The Morgan fingerprint density at radius 2 is 1.81 bits per heavy atom. The monoisotopic (exact) mass is 349 g/mol. The number of rotatable bonds is 4. The largest absolute Gasteiger partial charge is 0.542 e. The summed E-state index contributed by atoms with van der Waals surface area (Å²) in [6, 6.07) is 3.25. The minimum atomic E-state index is -2.02. The molecule has 1 rings (SSSR count). The van der Waals surface area contributed by atoms with Gasteiger partial charge in [-0.3, -0.25) is 0 Å². The number of benzene rings is 1. The van der Waals surface area contributed by atoms with Crippen molar-refractivity contribution < 1.29 is 14.4 Å². The molecule has 1 N–H and O–H groups in total. The molecular formula is C14H21Cl2NO3Si. The lowest BCUT2D eigenvalue weighted by molar-refractivity contribution is 0.320. The quantitative estimate of drug-likeness (QED) is 0.355. The summed E-state index contributed by atoms with van der Waals surface area (Å²) in [5.41, 5.74) is 0.411. The maximum Gasteiger partial charge on any atom is 0.250 e. The minimum absolute atomic E-state index is 0.0481. The van der Waals surface area contributed by atoms with E-state index in [4.69, 9.17) is 37.6 Å². The van der Waals surface area contributed by atoms with Gasteiger partial charge in [-0.1, -0.05) is 49.1 Å². The second-order valence-corrected chi connectivity index (χ2v) is 11.7. The van der Waals surface area contributed by atoms with Gasteiger partial charge in [0.2, 0.25) is 0 Å². The summed E-state index contributed by atoms with van der Waals surface area (Å²) in [5, 5.41) is 12.1. The van der Waals surface area contributed by atoms with Gasteiger partial charge in [-0.25, -0.2) is 0 Å². The number of oxime groups is 1. The SMILES string of the molecule is COc1cc(O[Si](C)(C)C(C)(C)C)c(Cl)cc1/C(Cl)=N/O. The summed E-state index contributed by atoms with van der Waals surface area (Å²) in [6.07, 6.45) is 0. The van der Waals surface area contributed by atoms with Gasteiger partial charge in [-0.05, 0) is 24.2 Å². The fraction of sp³-hybridized carbons (Fsp3) is 0.500. The zero-order valence-corrected chi connectivity index (χ0v) is 15.6. The highest BCUT2D eigenvalue weighted by Crippen LogP contribution is 2.41. The van der Waals surface area contributed by atoms with Crippen LogP contribution in [0.25, 0.3) is 0 Å². The molecule has 0 spiro atoms. The molecule has 0 unspecified atom stereocenters. The van der Waals surface area contributed by atoms with Crippen LogP contribution in [-0.2, 0) is 0 Å². The molecule has 0 amide bonds. The lowest BCUT2D eigenvalue weighted by Gasteiger charge is -2.36. The van der Waals surface area contributed by atoms with Crippen LogP contribution >= 0.6 is 23.2 Å². The molecule has 4 nitrogen and oxygen atoms in total. The van der Waals surface area contributed by atoms with Gasteiger partial charge in [-0.15, -0.1) is 0 Å². The minimum Gasteiger partial charge on any atom is -0.542 e. The third-order valence-electron chi connectivity index (χ3n) is 3.74. The van der Waals surface area contributed by atoms with Crippen molar-refractivity contribution in [1.82, 2.24) is 0 Å². The van der Waals surface area contributed by atoms with Gasteiger partial charge in [0.25, 0.3) is 8.32 Å². The van der Waals surface area contributed by atoms with Gasteiger partial charge >= 0.3 is 0 Å². The van der Waals surface area contributed by atoms with Crippen LogP contribution in [-0.4, -0.2) is 25.8 Å². The first-order chi connectivity index (χ1) is 9.53. The molecule has 0 heterocycles. The van der Waals surface area contributed by atoms with Gasteiger partial charge in [0.1, 0.15) is 11.5 Å². The number of ether oxygens (including phenoxy) is 1. The standard InChI is InChI=1S/C14H21Cl2NO3Si/c1-14(2,3)21(5,6)20-12-8-11(19-4)9(7-10(12)15)13(16)17-18/h7-8,18H,1-6H3/b17-13-. The molecule has 0 atom stereocenters. The van der Waals surface area contributed by atoms with Crippen LogP contribution in [0.3, 0.4) is 0 Å². The van der Waals surface area contributed by atoms with E-state index in [-0.39, 0.29) is 10.2 Å². The highest BCUT2D eigenvalue weighted by molar-refractivity contribution is 6.75. The molecular weight excluding hydrogens is 329 g/mol. The first-order valence-electron chi connectivity index (χ1n) is 6.48. The van der Waals surface area contributed by atoms with Crippen molar-refractivity contribution in [2.75, 3.05) is 7.11 Å². The zero-order valence-electron chi connectivity index (χ0n) is 13.1. The van der Waals surface area contributed by atoms with E-state index in [2.05, 4.69) is 39.0 Å². The molecule has 7 heteroatoms. The summed E-state index contributed by atoms with van der Waals surface area (Å²) in [7, 11) is -0.514. The molecule has 0 aromatic heterocycles. The van der Waals surface area contributed by atoms with Crippen molar-refractivity contribution in [3.05, 3.63) is 22.7 Å². The Morgan fingerprint density at radius 1 is 1.24 bits per heavy atom. The molecule has 0 aliphatic heterocycles. The molecule has 0 bridgehead atoms. The van der Waals surface area contributed by atoms with E-state index < -0.39 is 8.32 Å². The average molecular weight is 350 g/mol. The Kier molecular flexibility index (Phi) is 5.58. The zero-order chi connectivity index (χ0) is 16.4. The van der Waals surface area contributed by atoms with Crippen LogP contribution in [0.5, 0.6) is 11.5 Å². The van der Waals surface area contributed by atoms with Crippen molar-refractivity contribution in [3.63, 3.8) is 0 Å². The number of hydrogen-bond acceptors (Lipinski definition) is 4. The van der Waals surface area contributed by atoms with Crippen molar-refractivity contribution >= 4 is 36.7 Å². The summed E-state index contributed by atoms with van der Waals surface area (Å²) in [5.74, 6) is 0.988. The fourth-order valence-corrected chi connectivity index (χ4v) is 2.86. The Labute approximate surface area is 136 Å². The van der Waals surface area contributed by atoms with Crippen LogP contribution in [0.4, 0.5) is 0 Å². The lowest BCUT2D eigenvalue weighted by Crippen LogP contribution is -2.43. The van der Waals surface area contributed by atoms with Crippen molar-refractivity contribution in [1.29, 1.82) is 0 Å². The first kappa shape index (κ1) is 18.1. The summed E-state index contributed by atoms with van der Waals surface area (Å²) in [4.78, 5) is 0. The van der Waals surface area contributed by atoms with E-state index in [0.29, 0.717) is 22.1 Å². The summed E-state index contributed by atoms with van der Waals surface area (Å²) < 4.78 is 11.5. The van der Waals surface area contributed by atoms with Gasteiger partial charge in [-0.2, -0.15) is 0 Å². The van der Waals surface area contributed by atoms with Crippen LogP contribution in [0.1, 0.15) is 26.3 Å². The second-order valence-electron chi connectivity index (χ2n) is 6.24. The van der Waals surface area contributed by atoms with Crippen molar-refractivity contribution in [2.45, 2.75) is 38.9 Å². The third-order valence-corrected chi connectivity index (χ3v) is 8.65. The number of halogens is 2. The molecule has 0 aliphatic rings. The summed E-state index contributed by atoms with van der Waals surface area (Å²) in [6.45, 7) is 10.7. The molecule has 21 heavy (non-hydrogen) atoms. The lowest BCUT2D eigenvalue weighted by atomic mass is 10.2. The van der Waals surface area contributed by atoms with E-state index in [9.17, 15) is 0 Å². The van der Waals surface area contributed by atoms with E-state index in [1.807, 2.05) is 0 Å². The predicted molar refractivity (Wildman–Crippen MR) is 90.0 cm³/mol. The van der Waals surface area contributed by atoms with Crippen LogP contribution < -0.4 is 9.16 Å². The number of methoxy groups -OCH3 is 1. The first-order valence-corrected chi connectivity index (χ1v) is 10.1. The topological polar surface area (TPSA) is 51.0 Å². The maximum absolute atomic E-state index is 8.79. The van der Waals surface area contributed by atoms with Crippen LogP contribution in [0.2, 0.25) is 23.2 Å². The number of hydrogen-bond donors (Lipinski definition) is 1. The number of nitrogens with zero attached hydrogens (tertiary/aromatic N) is 1. The van der Waals surface area contributed by atoms with E-state index >= 15 is 0 Å². The van der Waals surface area contributed by atoms with E-state index in [1.54, 1.807) is 12.1 Å². The molecule has 0 aliphatic carbocycles. The average Bonchev–Trinajstić information content (AvgIpc) is 2.38. The molecule has 0 fully saturated rings. The maximum atomic E-state index is 8.79. The highest BCUT2D eigenvalue weighted by atomic mass is 35.5. The van der Waals surface area contributed by atoms with Crippen LogP contribution in [0.15, 0.2) is 17.3 Å². The molecule has 0 saturated heterocycles. The van der Waals surface area contributed by atoms with Crippen molar-refractivity contribution in [2.24, 2.45) is 5.16 Å². The van der Waals surface area contributed by atoms with E-state index in [1.165, 1.54) is 7.11 Å². The normalized spacial score (nSPS) is 13.2.